The molecule has 0 saturated carbocycles. The number of ether oxygens (including phenoxy) is 2. The number of fused-ring (bicyclic) bond motifs is 1. The predicted octanol–water partition coefficient (Wildman–Crippen LogP) is 1.91. The monoisotopic (exact) mass is 214 g/mol. The Kier molecular flexibility index (Phi) is 2.53. The van der Waals surface area contributed by atoms with Gasteiger partial charge in [-0.2, -0.15) is 0 Å². The molecule has 3 nitrogen and oxygen atoms in total. The average Bonchev–Trinajstić information content (AvgIpc) is 2.27. The van der Waals surface area contributed by atoms with Crippen LogP contribution in [-0.2, 0) is 0 Å². The molecule has 0 radical (unpaired) electrons. The second-order valence-electron chi connectivity index (χ2n) is 3.02. The third-order valence-corrected chi connectivity index (χ3v) is 2.02. The first kappa shape index (κ1) is 9.89. The minimum atomic E-state index is -2.99. The molecule has 0 saturated heterocycles. The van der Waals surface area contributed by atoms with Gasteiger partial charge in [0.05, 0.1) is 0 Å². The lowest BCUT2D eigenvalue weighted by Crippen LogP contribution is -2.16. The van der Waals surface area contributed by atoms with Crippen molar-refractivity contribution in [3.05, 3.63) is 23.8 Å². The number of hydrogen-bond acceptors (Lipinski definition) is 3. The van der Waals surface area contributed by atoms with E-state index in [9.17, 15) is 13.6 Å². The van der Waals surface area contributed by atoms with Crippen LogP contribution in [0, 0.1) is 0 Å². The molecular weight excluding hydrogens is 206 g/mol. The van der Waals surface area contributed by atoms with Crippen molar-refractivity contribution in [2.45, 2.75) is 6.43 Å². The van der Waals surface area contributed by atoms with Crippen LogP contribution < -0.4 is 9.47 Å². The van der Waals surface area contributed by atoms with Crippen LogP contribution in [0.25, 0.3) is 0 Å². The van der Waals surface area contributed by atoms with E-state index in [0.717, 1.165) is 0 Å². The lowest BCUT2D eigenvalue weighted by Gasteiger charge is -2.18. The fourth-order valence-corrected chi connectivity index (χ4v) is 1.32. The van der Waals surface area contributed by atoms with E-state index in [1.807, 2.05) is 0 Å². The summed E-state index contributed by atoms with van der Waals surface area (Å²) in [4.78, 5) is 11.0. The molecule has 0 bridgehead atoms. The van der Waals surface area contributed by atoms with Crippen molar-refractivity contribution < 1.29 is 23.0 Å². The first-order valence-corrected chi connectivity index (χ1v) is 4.40. The van der Waals surface area contributed by atoms with Gasteiger partial charge in [0.25, 0.3) is 0 Å². The first-order valence-electron chi connectivity index (χ1n) is 4.40. The van der Waals surface area contributed by atoms with Gasteiger partial charge in [0.1, 0.15) is 13.2 Å². The summed E-state index contributed by atoms with van der Waals surface area (Å²) in [5.41, 5.74) is -0.0609. The second-order valence-corrected chi connectivity index (χ2v) is 3.02. The average molecular weight is 214 g/mol. The highest BCUT2D eigenvalue weighted by Crippen LogP contribution is 2.31. The molecule has 0 N–H and O–H groups in total. The Balaban J connectivity index is 2.32. The number of ketones is 1. The minimum Gasteiger partial charge on any atom is -0.486 e. The van der Waals surface area contributed by atoms with Gasteiger partial charge in [-0.25, -0.2) is 8.78 Å². The Morgan fingerprint density at radius 3 is 2.53 bits per heavy atom. The van der Waals surface area contributed by atoms with Crippen molar-refractivity contribution in [3.63, 3.8) is 0 Å². The Bertz CT molecular complexity index is 390. The van der Waals surface area contributed by atoms with Crippen molar-refractivity contribution in [1.29, 1.82) is 0 Å². The van der Waals surface area contributed by atoms with E-state index in [0.29, 0.717) is 24.7 Å². The van der Waals surface area contributed by atoms with Gasteiger partial charge in [-0.3, -0.25) is 4.79 Å². The van der Waals surface area contributed by atoms with Crippen LogP contribution >= 0.6 is 0 Å². The molecule has 0 atom stereocenters. The number of rotatable bonds is 2. The number of Topliss-reactive ketones (excluding diaryl/α,β-unsaturated/α-hetero) is 1. The molecule has 0 aliphatic carbocycles. The van der Waals surface area contributed by atoms with Gasteiger partial charge in [0, 0.05) is 5.56 Å². The summed E-state index contributed by atoms with van der Waals surface area (Å²) in [5.74, 6) is -0.383. The summed E-state index contributed by atoms with van der Waals surface area (Å²) < 4.78 is 34.6. The highest BCUT2D eigenvalue weighted by Gasteiger charge is 2.20. The summed E-state index contributed by atoms with van der Waals surface area (Å²) in [6.45, 7) is 0.786. The summed E-state index contributed by atoms with van der Waals surface area (Å²) in [5, 5.41) is 0. The van der Waals surface area contributed by atoms with Crippen molar-refractivity contribution in [2.24, 2.45) is 0 Å². The van der Waals surface area contributed by atoms with Crippen molar-refractivity contribution in [2.75, 3.05) is 13.2 Å². The second kappa shape index (κ2) is 3.84. The van der Waals surface area contributed by atoms with E-state index in [1.165, 1.54) is 18.2 Å². The van der Waals surface area contributed by atoms with Gasteiger partial charge in [-0.15, -0.1) is 0 Å². The van der Waals surface area contributed by atoms with Crippen LogP contribution in [-0.4, -0.2) is 25.4 Å². The molecule has 1 aliphatic rings. The largest absolute Gasteiger partial charge is 0.486 e. The van der Waals surface area contributed by atoms with E-state index in [4.69, 9.17) is 9.47 Å². The van der Waals surface area contributed by atoms with Gasteiger partial charge in [0.2, 0.25) is 5.78 Å². The summed E-state index contributed by atoms with van der Waals surface area (Å²) in [6, 6.07) is 4.05. The van der Waals surface area contributed by atoms with Crippen LogP contribution in [0.4, 0.5) is 8.78 Å². The van der Waals surface area contributed by atoms with E-state index < -0.39 is 12.2 Å². The van der Waals surface area contributed by atoms with E-state index in [1.54, 1.807) is 0 Å². The van der Waals surface area contributed by atoms with E-state index in [-0.39, 0.29) is 5.56 Å². The van der Waals surface area contributed by atoms with Gasteiger partial charge < -0.3 is 9.47 Å². The zero-order valence-corrected chi connectivity index (χ0v) is 7.70. The molecule has 0 spiro atoms. The molecule has 1 aromatic carbocycles. The number of benzene rings is 1. The number of carbonyl (C=O) groups is 1. The number of hydrogen-bond donors (Lipinski definition) is 0. The van der Waals surface area contributed by atoms with Crippen LogP contribution in [0.2, 0.25) is 0 Å². The zero-order chi connectivity index (χ0) is 10.8. The smallest absolute Gasteiger partial charge is 0.300 e. The molecule has 2 rings (SSSR count). The van der Waals surface area contributed by atoms with Crippen molar-refractivity contribution in [3.8, 4) is 11.5 Å². The van der Waals surface area contributed by atoms with Gasteiger partial charge in [-0.05, 0) is 18.2 Å². The van der Waals surface area contributed by atoms with E-state index in [2.05, 4.69) is 0 Å². The zero-order valence-electron chi connectivity index (χ0n) is 7.70. The molecule has 0 aromatic heterocycles. The molecule has 80 valence electrons. The molecule has 1 heterocycles. The van der Waals surface area contributed by atoms with Gasteiger partial charge in [-0.1, -0.05) is 0 Å². The quantitative estimate of drug-likeness (QED) is 0.705. The van der Waals surface area contributed by atoms with E-state index >= 15 is 0 Å². The highest BCUT2D eigenvalue weighted by atomic mass is 19.3. The highest BCUT2D eigenvalue weighted by molar-refractivity contribution is 5.99. The molecular formula is C10H8F2O3. The lowest BCUT2D eigenvalue weighted by molar-refractivity contribution is 0.0677. The molecule has 0 unspecified atom stereocenters. The van der Waals surface area contributed by atoms with Crippen molar-refractivity contribution in [1.82, 2.24) is 0 Å². The van der Waals surface area contributed by atoms with Crippen LogP contribution in [0.3, 0.4) is 0 Å². The Labute approximate surface area is 84.6 Å². The molecule has 5 heteroatoms. The predicted molar refractivity (Wildman–Crippen MR) is 47.8 cm³/mol. The maximum absolute atomic E-state index is 12.1. The van der Waals surface area contributed by atoms with Crippen molar-refractivity contribution >= 4 is 5.78 Å². The number of carbonyl (C=O) groups excluding carboxylic acids is 1. The first-order chi connectivity index (χ1) is 7.18. The van der Waals surface area contributed by atoms with Gasteiger partial charge >= 0.3 is 6.43 Å². The Morgan fingerprint density at radius 2 is 1.87 bits per heavy atom. The third-order valence-electron chi connectivity index (χ3n) is 2.02. The lowest BCUT2D eigenvalue weighted by atomic mass is 10.1. The Morgan fingerprint density at radius 1 is 1.20 bits per heavy atom. The van der Waals surface area contributed by atoms with Crippen LogP contribution in [0.1, 0.15) is 10.4 Å². The fourth-order valence-electron chi connectivity index (χ4n) is 1.32. The maximum atomic E-state index is 12.1. The number of halogens is 2. The maximum Gasteiger partial charge on any atom is 0.300 e. The molecule has 0 fully saturated rings. The third kappa shape index (κ3) is 1.91. The number of alkyl halides is 2. The molecule has 1 aliphatic heterocycles. The molecule has 1 aromatic rings. The molecule has 15 heavy (non-hydrogen) atoms. The Hall–Kier alpha value is -1.65. The van der Waals surface area contributed by atoms with Crippen LogP contribution in [0.5, 0.6) is 11.5 Å². The fraction of sp³-hybridized carbons (Fsp3) is 0.300. The molecule has 0 amide bonds. The summed E-state index contributed by atoms with van der Waals surface area (Å²) in [7, 11) is 0. The summed E-state index contributed by atoms with van der Waals surface area (Å²) >= 11 is 0. The minimum absolute atomic E-state index is 0.0609. The van der Waals surface area contributed by atoms with Gasteiger partial charge in [0.15, 0.2) is 11.5 Å². The SMILES string of the molecule is O=C(c1ccc2c(c1)OCCO2)C(F)F. The summed E-state index contributed by atoms with van der Waals surface area (Å²) in [6.07, 6.45) is -2.99. The standard InChI is InChI=1S/C10H8F2O3/c11-10(12)9(13)6-1-2-7-8(5-6)15-4-3-14-7/h1-2,5,10H,3-4H2. The topological polar surface area (TPSA) is 35.5 Å². The normalized spacial score (nSPS) is 14.1. The van der Waals surface area contributed by atoms with Crippen LogP contribution in [0.15, 0.2) is 18.2 Å².